The zero-order valence-electron chi connectivity index (χ0n) is 23.7. The van der Waals surface area contributed by atoms with Crippen LogP contribution in [0.25, 0.3) is 22.3 Å². The van der Waals surface area contributed by atoms with Gasteiger partial charge in [0, 0.05) is 6.99 Å². The summed E-state index contributed by atoms with van der Waals surface area (Å²) in [6, 6.07) is 26.2. The van der Waals surface area contributed by atoms with Crippen molar-refractivity contribution in [2.75, 3.05) is 0 Å². The third-order valence-corrected chi connectivity index (χ3v) is 8.87. The molecule has 216 valence electrons. The van der Waals surface area contributed by atoms with Crippen molar-refractivity contribution in [1.82, 2.24) is 0 Å². The number of benzene rings is 4. The van der Waals surface area contributed by atoms with Crippen molar-refractivity contribution < 1.29 is 19.0 Å². The van der Waals surface area contributed by atoms with Gasteiger partial charge in [0.15, 0.2) is 17.5 Å². The first-order chi connectivity index (χ1) is 19.9. The van der Waals surface area contributed by atoms with Gasteiger partial charge in [-0.25, -0.2) is 17.6 Å². The molecule has 0 bridgehead atoms. The summed E-state index contributed by atoms with van der Waals surface area (Å²) in [4.78, 5) is 0. The molecule has 0 atom stereocenters. The summed E-state index contributed by atoms with van der Waals surface area (Å²) in [6.45, 7) is 2.22. The third-order valence-electron chi connectivity index (χ3n) is 8.87. The second kappa shape index (κ2) is 13.5. The first-order valence-electron chi connectivity index (χ1n) is 15.0. The van der Waals surface area contributed by atoms with Gasteiger partial charge < -0.3 is 0 Å². The Hall–Kier alpha value is -3.40. The van der Waals surface area contributed by atoms with Gasteiger partial charge in [0.1, 0.15) is 5.82 Å². The van der Waals surface area contributed by atoms with E-state index in [4.69, 9.17) is 0 Å². The van der Waals surface area contributed by atoms with Crippen molar-refractivity contribution in [3.05, 3.63) is 119 Å². The minimum Gasteiger partial charge on any atom is -0.206 e. The fraction of sp³-hybridized carbons (Fsp3) is 0.351. The van der Waals surface area contributed by atoms with Crippen molar-refractivity contribution >= 4 is 0 Å². The summed E-state index contributed by atoms with van der Waals surface area (Å²) >= 11 is 0. The lowest BCUT2D eigenvalue weighted by Gasteiger charge is -2.26. The largest absolute Gasteiger partial charge is 0.206 e. The maximum atomic E-state index is 14.4. The molecule has 0 spiro atoms. The molecule has 0 radical (unpaired) electrons. The first kappa shape index (κ1) is 29.1. The van der Waals surface area contributed by atoms with Crippen molar-refractivity contribution in [2.24, 2.45) is 5.92 Å². The second-order valence-corrected chi connectivity index (χ2v) is 11.8. The second-order valence-electron chi connectivity index (χ2n) is 11.8. The Kier molecular flexibility index (Phi) is 9.59. The third kappa shape index (κ3) is 7.28. The molecule has 6 rings (SSSR count). The molecule has 0 heterocycles. The molecule has 41 heavy (non-hydrogen) atoms. The smallest absolute Gasteiger partial charge is 0.194 e. The molecule has 4 heteroatoms. The van der Waals surface area contributed by atoms with Gasteiger partial charge in [0.2, 0.25) is 0 Å². The van der Waals surface area contributed by atoms with E-state index in [9.17, 15) is 17.6 Å². The zero-order chi connectivity index (χ0) is 28.8. The highest BCUT2D eigenvalue weighted by molar-refractivity contribution is 5.65. The Morgan fingerprint density at radius 3 is 1.68 bits per heavy atom. The molecule has 0 aliphatic heterocycles. The summed E-state index contributed by atoms with van der Waals surface area (Å²) in [6.07, 6.45) is 11.3. The summed E-state index contributed by atoms with van der Waals surface area (Å²) < 4.78 is 54.1. The molecule has 0 saturated heterocycles. The van der Waals surface area contributed by atoms with E-state index >= 15 is 0 Å². The summed E-state index contributed by atoms with van der Waals surface area (Å²) in [7, 11) is 0. The number of halogens is 4. The Morgan fingerprint density at radius 2 is 1.07 bits per heavy atom. The van der Waals surface area contributed by atoms with Gasteiger partial charge in [-0.2, -0.15) is 0 Å². The average molecular weight is 561 g/mol. The van der Waals surface area contributed by atoms with Gasteiger partial charge in [-0.15, -0.1) is 0 Å². The number of hydrogen-bond donors (Lipinski definition) is 0. The maximum absolute atomic E-state index is 14.4. The van der Waals surface area contributed by atoms with Crippen molar-refractivity contribution in [3.63, 3.8) is 0 Å². The van der Waals surface area contributed by atoms with E-state index < -0.39 is 23.3 Å². The standard InChI is InChI=1S/C19H18F4.C18H20.H2/c1-11-2-4-12(5-3-11)13-6-7-15(16(20)8-13)14-9-17(21)19(23)18(22)10-14;1-3-7-15(8-4-1)17-11-13-18(14-12-17)16-9-5-2-6-10-16;/h6-12H,2-5H2,1H3;1,3-4,7-8,11-14,16H,2,5-6,9-10H2;1H. The van der Waals surface area contributed by atoms with E-state index in [2.05, 4.69) is 61.5 Å². The molecule has 0 nitrogen and oxygen atoms in total. The van der Waals surface area contributed by atoms with Crippen LogP contribution < -0.4 is 0 Å². The first-order valence-corrected chi connectivity index (χ1v) is 15.0. The van der Waals surface area contributed by atoms with Crippen LogP contribution in [0.2, 0.25) is 0 Å². The molecule has 0 amide bonds. The van der Waals surface area contributed by atoms with Gasteiger partial charge in [-0.3, -0.25) is 0 Å². The highest BCUT2D eigenvalue weighted by Gasteiger charge is 2.21. The fourth-order valence-corrected chi connectivity index (χ4v) is 6.34. The molecule has 2 aliphatic rings. The molecule has 0 aromatic heterocycles. The Morgan fingerprint density at radius 1 is 0.512 bits per heavy atom. The van der Waals surface area contributed by atoms with Gasteiger partial charge in [-0.1, -0.05) is 106 Å². The molecule has 4 aromatic rings. The molecule has 2 fully saturated rings. The quantitative estimate of drug-likeness (QED) is 0.172. The van der Waals surface area contributed by atoms with E-state index in [1.165, 1.54) is 60.9 Å². The lowest BCUT2D eigenvalue weighted by molar-refractivity contribution is 0.347. The van der Waals surface area contributed by atoms with Crippen molar-refractivity contribution in [1.29, 1.82) is 0 Å². The highest BCUT2D eigenvalue weighted by atomic mass is 19.2. The maximum Gasteiger partial charge on any atom is 0.194 e. The van der Waals surface area contributed by atoms with Gasteiger partial charge >= 0.3 is 0 Å². The van der Waals surface area contributed by atoms with E-state index in [0.29, 0.717) is 11.8 Å². The summed E-state index contributed by atoms with van der Waals surface area (Å²) in [5.41, 5.74) is 5.18. The normalized spacial score (nSPS) is 19.3. The van der Waals surface area contributed by atoms with Crippen LogP contribution in [0.5, 0.6) is 0 Å². The SMILES string of the molecule is CC1CCC(c2ccc(-c3cc(F)c(F)c(F)c3)c(F)c2)CC1.[HH].c1ccc(-c2ccc(C3CCCCC3)cc2)cc1. The van der Waals surface area contributed by atoms with Crippen molar-refractivity contribution in [2.45, 2.75) is 76.5 Å². The van der Waals surface area contributed by atoms with Crippen LogP contribution in [0, 0.1) is 29.2 Å². The molecular formula is C37H40F4. The monoisotopic (exact) mass is 560 g/mol. The van der Waals surface area contributed by atoms with Crippen LogP contribution in [-0.4, -0.2) is 0 Å². The van der Waals surface area contributed by atoms with Crippen molar-refractivity contribution in [3.8, 4) is 22.3 Å². The summed E-state index contributed by atoms with van der Waals surface area (Å²) in [5, 5.41) is 0. The Bertz CT molecular complexity index is 1400. The molecule has 0 unspecified atom stereocenters. The lowest BCUT2D eigenvalue weighted by Crippen LogP contribution is -2.11. The van der Waals surface area contributed by atoms with Gasteiger partial charge in [0.05, 0.1) is 0 Å². The van der Waals surface area contributed by atoms with Crippen LogP contribution in [0.15, 0.2) is 84.9 Å². The van der Waals surface area contributed by atoms with Gasteiger partial charge in [-0.05, 0) is 89.5 Å². The van der Waals surface area contributed by atoms with Crippen LogP contribution in [0.4, 0.5) is 17.6 Å². The van der Waals surface area contributed by atoms with Crippen LogP contribution in [-0.2, 0) is 0 Å². The zero-order valence-corrected chi connectivity index (χ0v) is 23.7. The van der Waals surface area contributed by atoms with E-state index in [1.54, 1.807) is 6.07 Å². The van der Waals surface area contributed by atoms with E-state index in [0.717, 1.165) is 49.3 Å². The molecule has 0 N–H and O–H groups in total. The minimum atomic E-state index is -1.54. The van der Waals surface area contributed by atoms with Gasteiger partial charge in [0.25, 0.3) is 0 Å². The number of rotatable bonds is 4. The molecular weight excluding hydrogens is 520 g/mol. The average Bonchev–Trinajstić information content (AvgIpc) is 3.01. The Labute approximate surface area is 242 Å². The topological polar surface area (TPSA) is 0 Å². The minimum absolute atomic E-state index is 0. The number of hydrogen-bond acceptors (Lipinski definition) is 0. The van der Waals surface area contributed by atoms with E-state index in [-0.39, 0.29) is 12.6 Å². The van der Waals surface area contributed by atoms with E-state index in [1.807, 2.05) is 0 Å². The van der Waals surface area contributed by atoms with Crippen LogP contribution in [0.3, 0.4) is 0 Å². The Balaban J connectivity index is 0.000000193. The summed E-state index contributed by atoms with van der Waals surface area (Å²) in [5.74, 6) is -2.86. The van der Waals surface area contributed by atoms with Crippen LogP contribution >= 0.6 is 0 Å². The molecule has 2 aliphatic carbocycles. The molecule has 2 saturated carbocycles. The molecule has 4 aromatic carbocycles. The highest BCUT2D eigenvalue weighted by Crippen LogP contribution is 2.37. The van der Waals surface area contributed by atoms with Crippen LogP contribution in [0.1, 0.15) is 89.1 Å². The fourth-order valence-electron chi connectivity index (χ4n) is 6.34. The predicted molar refractivity (Wildman–Crippen MR) is 162 cm³/mol. The lowest BCUT2D eigenvalue weighted by atomic mass is 9.79. The predicted octanol–water partition coefficient (Wildman–Crippen LogP) is 11.9.